The van der Waals surface area contributed by atoms with Gasteiger partial charge in [-0.25, -0.2) is 0 Å². The molecule has 2 aliphatic rings. The second-order valence-corrected chi connectivity index (χ2v) is 11.4. The minimum Gasteiger partial charge on any atom is -0.362 e. The molecular weight excluding hydrogens is 572 g/mol. The molecule has 0 radical (unpaired) electrons. The molecule has 2 N–H and O–H groups in total. The number of nitriles is 1. The molecule has 2 amide bonds. The van der Waals surface area contributed by atoms with Crippen LogP contribution in [-0.4, -0.2) is 91.4 Å². The number of nitrogens with one attached hydrogen (secondary N) is 2. The summed E-state index contributed by atoms with van der Waals surface area (Å²) in [6, 6.07) is 9.15. The van der Waals surface area contributed by atoms with E-state index in [-0.39, 0.29) is 22.6 Å². The summed E-state index contributed by atoms with van der Waals surface area (Å²) in [5.74, 6) is -0.420. The highest BCUT2D eigenvalue weighted by atomic mass is 32.2. The van der Waals surface area contributed by atoms with Gasteiger partial charge in [0.1, 0.15) is 23.0 Å². The fourth-order valence-corrected chi connectivity index (χ4v) is 5.31. The number of hydrogen-bond donors (Lipinski definition) is 2. The van der Waals surface area contributed by atoms with Crippen LogP contribution in [0, 0.1) is 11.3 Å². The van der Waals surface area contributed by atoms with Crippen molar-refractivity contribution in [2.75, 3.05) is 58.7 Å². The molecule has 1 atom stereocenters. The highest BCUT2D eigenvalue weighted by Gasteiger charge is 2.37. The van der Waals surface area contributed by atoms with E-state index in [1.807, 2.05) is 39.1 Å². The Morgan fingerprint density at radius 1 is 1.23 bits per heavy atom. The summed E-state index contributed by atoms with van der Waals surface area (Å²) in [6.45, 7) is 22.1. The number of likely N-dealkylation sites (tertiary alicyclic amines) is 1. The normalized spacial score (nSPS) is 16.4. The lowest BCUT2D eigenvalue weighted by atomic mass is 10.2. The fraction of sp³-hybridized carbons (Fsp3) is 0.471. The number of carbonyl (C=O) groups is 3. The smallest absolute Gasteiger partial charge is 0.267 e. The van der Waals surface area contributed by atoms with Crippen molar-refractivity contribution in [3.05, 3.63) is 78.5 Å². The maximum atomic E-state index is 12.3. The molecule has 2 saturated heterocycles. The average molecular weight is 625 g/mol. The molecule has 0 bridgehead atoms. The number of nitrogens with zero attached hydrogens (tertiary/aromatic N) is 4. The van der Waals surface area contributed by atoms with Crippen molar-refractivity contribution in [3.63, 3.8) is 0 Å². The van der Waals surface area contributed by atoms with Crippen LogP contribution in [-0.2, 0) is 9.59 Å². The molecular formula is C34H52N6O3S. The van der Waals surface area contributed by atoms with Gasteiger partial charge < -0.3 is 25.3 Å². The Hall–Kier alpha value is -3.65. The molecule has 0 aromatic heterocycles. The van der Waals surface area contributed by atoms with Gasteiger partial charge in [-0.15, -0.1) is 13.2 Å². The van der Waals surface area contributed by atoms with E-state index in [2.05, 4.69) is 35.3 Å². The van der Waals surface area contributed by atoms with E-state index in [0.29, 0.717) is 23.7 Å². The first-order chi connectivity index (χ1) is 21.2. The van der Waals surface area contributed by atoms with Crippen LogP contribution < -0.4 is 10.6 Å². The maximum Gasteiger partial charge on any atom is 0.267 e. The van der Waals surface area contributed by atoms with Crippen molar-refractivity contribution in [1.82, 2.24) is 20.0 Å². The van der Waals surface area contributed by atoms with Crippen molar-refractivity contribution < 1.29 is 14.4 Å². The van der Waals surface area contributed by atoms with Gasteiger partial charge in [0, 0.05) is 31.4 Å². The Morgan fingerprint density at radius 2 is 1.89 bits per heavy atom. The van der Waals surface area contributed by atoms with Gasteiger partial charge in [0.15, 0.2) is 0 Å². The molecule has 0 saturated carbocycles. The van der Waals surface area contributed by atoms with E-state index >= 15 is 0 Å². The predicted octanol–water partition coefficient (Wildman–Crippen LogP) is 5.68. The van der Waals surface area contributed by atoms with Gasteiger partial charge in [0.05, 0.1) is 5.25 Å². The lowest BCUT2D eigenvalue weighted by Gasteiger charge is -2.19. The Morgan fingerprint density at radius 3 is 2.41 bits per heavy atom. The van der Waals surface area contributed by atoms with E-state index in [4.69, 9.17) is 0 Å². The second-order valence-electron chi connectivity index (χ2n) is 10.0. The molecule has 0 aliphatic carbocycles. The summed E-state index contributed by atoms with van der Waals surface area (Å²) in [4.78, 5) is 40.2. The van der Waals surface area contributed by atoms with Crippen molar-refractivity contribution in [2.45, 2.75) is 51.7 Å². The first kappa shape index (κ1) is 40.4. The zero-order valence-electron chi connectivity index (χ0n) is 27.3. The van der Waals surface area contributed by atoms with Gasteiger partial charge in [-0.1, -0.05) is 49.5 Å². The molecule has 0 spiro atoms. The molecule has 1 aromatic carbocycles. The topological polar surface area (TPSA) is 109 Å². The number of anilines is 1. The van der Waals surface area contributed by atoms with Crippen LogP contribution in [0.15, 0.2) is 73.0 Å². The number of aldehydes is 1. The molecule has 3 rings (SSSR count). The van der Waals surface area contributed by atoms with E-state index < -0.39 is 0 Å². The zero-order valence-corrected chi connectivity index (χ0v) is 28.1. The summed E-state index contributed by atoms with van der Waals surface area (Å²) in [7, 11) is 3.63. The van der Waals surface area contributed by atoms with Crippen molar-refractivity contribution >= 4 is 35.5 Å². The Bertz CT molecular complexity index is 1120. The van der Waals surface area contributed by atoms with Gasteiger partial charge in [-0.3, -0.25) is 14.4 Å². The Balaban J connectivity index is 0.000000649. The molecule has 44 heavy (non-hydrogen) atoms. The monoisotopic (exact) mass is 624 g/mol. The average Bonchev–Trinajstić information content (AvgIpc) is 3.63. The van der Waals surface area contributed by atoms with Crippen LogP contribution in [0.25, 0.3) is 0 Å². The number of amides is 2. The van der Waals surface area contributed by atoms with Crippen LogP contribution in [0.5, 0.6) is 0 Å². The zero-order chi connectivity index (χ0) is 33.3. The van der Waals surface area contributed by atoms with Crippen molar-refractivity contribution in [2.24, 2.45) is 0 Å². The summed E-state index contributed by atoms with van der Waals surface area (Å²) < 4.78 is 0. The molecule has 10 heteroatoms. The first-order valence-corrected chi connectivity index (χ1v) is 15.9. The van der Waals surface area contributed by atoms with Crippen molar-refractivity contribution in [3.8, 4) is 6.07 Å². The SMILES string of the molecule is C=CC.C=CCN(C)C(=O)/C(C#N)=C1\SC(C)C(=O)N1CCC.C=CNc1cccc(C=O)c1.CNCCCN1CCCC1. The summed E-state index contributed by atoms with van der Waals surface area (Å²) in [6.07, 6.45) is 10.6. The van der Waals surface area contributed by atoms with Gasteiger partial charge in [-0.2, -0.15) is 5.26 Å². The van der Waals surface area contributed by atoms with Gasteiger partial charge in [-0.05, 0) is 91.1 Å². The van der Waals surface area contributed by atoms with Crippen LogP contribution in [0.1, 0.15) is 56.8 Å². The summed E-state index contributed by atoms with van der Waals surface area (Å²) in [5, 5.41) is 15.6. The minimum atomic E-state index is -0.377. The Kier molecular flexibility index (Phi) is 22.7. The number of hydrogen-bond acceptors (Lipinski definition) is 8. The van der Waals surface area contributed by atoms with Crippen LogP contribution >= 0.6 is 11.8 Å². The summed E-state index contributed by atoms with van der Waals surface area (Å²) in [5.41, 5.74) is 1.58. The predicted molar refractivity (Wildman–Crippen MR) is 185 cm³/mol. The molecule has 1 unspecified atom stereocenters. The standard InChI is InChI=1S/C14H19N3O2S.C9H9NO.C8H18N2.C3H6/c1-5-7-16(4)13(19)11(9-15)14-17(8-6-2)12(18)10(3)20-14;1-2-10-9-5-3-4-8(6-9)7-11;1-9-5-4-8-10-6-2-3-7-10;1-3-2/h5,10H,1,6-8H2,2-4H3;2-7,10H,1H2;9H,2-8H2,1H3;3H,1H2,2H3/b14-11-;;;. The lowest BCUT2D eigenvalue weighted by molar-refractivity contribution is -0.127. The number of benzene rings is 1. The molecule has 242 valence electrons. The van der Waals surface area contributed by atoms with Gasteiger partial charge >= 0.3 is 0 Å². The molecule has 2 aliphatic heterocycles. The van der Waals surface area contributed by atoms with E-state index in [1.165, 1.54) is 55.6 Å². The third-order valence-electron chi connectivity index (χ3n) is 6.28. The maximum absolute atomic E-state index is 12.3. The lowest BCUT2D eigenvalue weighted by Crippen LogP contribution is -2.32. The van der Waals surface area contributed by atoms with Crippen LogP contribution in [0.4, 0.5) is 5.69 Å². The second kappa shape index (κ2) is 24.8. The number of carbonyl (C=O) groups excluding carboxylic acids is 3. The minimum absolute atomic E-state index is 0.0329. The quantitative estimate of drug-likeness (QED) is 0.101. The highest BCUT2D eigenvalue weighted by Crippen LogP contribution is 2.37. The first-order valence-electron chi connectivity index (χ1n) is 15.0. The van der Waals surface area contributed by atoms with E-state index in [9.17, 15) is 19.6 Å². The fourth-order valence-electron chi connectivity index (χ4n) is 4.19. The number of likely N-dealkylation sites (N-methyl/N-ethyl adjacent to an activating group) is 1. The van der Waals surface area contributed by atoms with E-state index in [0.717, 1.165) is 24.9 Å². The third kappa shape index (κ3) is 15.2. The van der Waals surface area contributed by atoms with E-state index in [1.54, 1.807) is 49.4 Å². The van der Waals surface area contributed by atoms with Gasteiger partial charge in [0.25, 0.3) is 5.91 Å². The highest BCUT2D eigenvalue weighted by molar-refractivity contribution is 8.04. The molecule has 1 aromatic rings. The molecule has 2 fully saturated rings. The Labute approximate surface area is 269 Å². The molecule has 9 nitrogen and oxygen atoms in total. The number of thioether (sulfide) groups is 1. The van der Waals surface area contributed by atoms with Crippen molar-refractivity contribution in [1.29, 1.82) is 5.26 Å². The number of rotatable bonds is 12. The van der Waals surface area contributed by atoms with Gasteiger partial charge in [0.2, 0.25) is 5.91 Å². The molecule has 2 heterocycles. The van der Waals surface area contributed by atoms with Crippen LogP contribution in [0.3, 0.4) is 0 Å². The summed E-state index contributed by atoms with van der Waals surface area (Å²) >= 11 is 1.28. The third-order valence-corrected chi connectivity index (χ3v) is 7.48. The van der Waals surface area contributed by atoms with Crippen LogP contribution in [0.2, 0.25) is 0 Å². The largest absolute Gasteiger partial charge is 0.362 e. The number of allylic oxidation sites excluding steroid dienone is 1.